The van der Waals surface area contributed by atoms with Crippen LogP contribution in [0.5, 0.6) is 0 Å². The second-order valence-electron chi connectivity index (χ2n) is 8.23. The van der Waals surface area contributed by atoms with Gasteiger partial charge in [-0.2, -0.15) is 13.2 Å². The number of aromatic nitrogens is 1. The van der Waals surface area contributed by atoms with Gasteiger partial charge in [-0.25, -0.2) is 22.9 Å². The number of ether oxygens (including phenoxy) is 1. The largest absolute Gasteiger partial charge is 0.402 e. The van der Waals surface area contributed by atoms with Crippen LogP contribution in [0.25, 0.3) is 0 Å². The predicted molar refractivity (Wildman–Crippen MR) is 122 cm³/mol. The molecule has 2 aromatic rings. The fourth-order valence-electron chi connectivity index (χ4n) is 4.00. The molecule has 1 aliphatic carbocycles. The van der Waals surface area contributed by atoms with Crippen molar-refractivity contribution in [1.29, 1.82) is 0 Å². The van der Waals surface area contributed by atoms with Crippen molar-refractivity contribution >= 4 is 49.8 Å². The number of nitrogens with one attached hydrogen (secondary N) is 3. The molecule has 1 aromatic carbocycles. The molecule has 2 fully saturated rings. The first-order valence-electron chi connectivity index (χ1n) is 10.5. The topological polar surface area (TPSA) is 109 Å². The Labute approximate surface area is 203 Å². The van der Waals surface area contributed by atoms with E-state index in [1.54, 1.807) is 0 Å². The van der Waals surface area contributed by atoms with E-state index in [-0.39, 0.29) is 22.8 Å². The van der Waals surface area contributed by atoms with Gasteiger partial charge in [-0.3, -0.25) is 5.32 Å². The summed E-state index contributed by atoms with van der Waals surface area (Å²) in [6.07, 6.45) is 0.827. The summed E-state index contributed by atoms with van der Waals surface area (Å²) in [6, 6.07) is 3.20. The van der Waals surface area contributed by atoms with Gasteiger partial charge < -0.3 is 10.1 Å². The Morgan fingerprint density at radius 3 is 2.65 bits per heavy atom. The Kier molecular flexibility index (Phi) is 7.38. The smallest absolute Gasteiger partial charge is 0.377 e. The minimum Gasteiger partial charge on any atom is -0.377 e. The maximum atomic E-state index is 12.6. The molecule has 2 heterocycles. The highest BCUT2D eigenvalue weighted by molar-refractivity contribution is 7.89. The van der Waals surface area contributed by atoms with E-state index in [2.05, 4.69) is 15.6 Å². The zero-order valence-electron chi connectivity index (χ0n) is 17.7. The number of carbonyl (C=O) groups excluding carboxylic acids is 1. The number of nitrogens with zero attached hydrogens (tertiary/aromatic N) is 1. The lowest BCUT2D eigenvalue weighted by Gasteiger charge is -2.30. The van der Waals surface area contributed by atoms with Gasteiger partial charge in [0.1, 0.15) is 10.9 Å². The molecule has 1 aliphatic heterocycles. The highest BCUT2D eigenvalue weighted by Gasteiger charge is 2.37. The van der Waals surface area contributed by atoms with Gasteiger partial charge in [0, 0.05) is 11.6 Å². The van der Waals surface area contributed by atoms with Crippen molar-refractivity contribution in [3.05, 3.63) is 34.3 Å². The normalized spacial score (nSPS) is 21.3. The SMILES string of the molecule is O=C(Nc1ncc(Cl)s1)Nc1cc(S(=O)(=O)NCC(F)(F)F)ccc1C1COC(C2CCC2)C1. The highest BCUT2D eigenvalue weighted by Crippen LogP contribution is 2.42. The van der Waals surface area contributed by atoms with Gasteiger partial charge in [-0.05, 0) is 42.9 Å². The number of thiazole rings is 1. The molecule has 14 heteroatoms. The number of amides is 2. The Morgan fingerprint density at radius 2 is 2.03 bits per heavy atom. The van der Waals surface area contributed by atoms with E-state index in [4.69, 9.17) is 16.3 Å². The van der Waals surface area contributed by atoms with Crippen molar-refractivity contribution in [3.8, 4) is 0 Å². The molecule has 34 heavy (non-hydrogen) atoms. The van der Waals surface area contributed by atoms with Gasteiger partial charge in [0.15, 0.2) is 5.13 Å². The predicted octanol–water partition coefficient (Wildman–Crippen LogP) is 4.95. The number of urea groups is 1. The molecule has 2 amide bonds. The van der Waals surface area contributed by atoms with E-state index in [0.29, 0.717) is 28.8 Å². The minimum absolute atomic E-state index is 0.0924. The summed E-state index contributed by atoms with van der Waals surface area (Å²) >= 11 is 6.86. The molecule has 1 saturated heterocycles. The fraction of sp³-hybridized carbons (Fsp3) is 0.500. The molecule has 3 N–H and O–H groups in total. The number of hydrogen-bond donors (Lipinski definition) is 3. The van der Waals surface area contributed by atoms with Crippen molar-refractivity contribution < 1.29 is 31.1 Å². The van der Waals surface area contributed by atoms with Crippen LogP contribution in [0.15, 0.2) is 29.3 Å². The quantitative estimate of drug-likeness (QED) is 0.462. The molecular weight excluding hydrogens is 517 g/mol. The van der Waals surface area contributed by atoms with Crippen LogP contribution in [-0.2, 0) is 14.8 Å². The van der Waals surface area contributed by atoms with Crippen LogP contribution in [-0.4, -0.2) is 44.9 Å². The number of alkyl halides is 3. The molecular formula is C20H22ClF3N4O4S2. The molecule has 2 atom stereocenters. The molecule has 186 valence electrons. The third-order valence-electron chi connectivity index (χ3n) is 5.89. The summed E-state index contributed by atoms with van der Waals surface area (Å²) < 4.78 is 70.4. The second-order valence-corrected chi connectivity index (χ2v) is 11.7. The molecule has 1 saturated carbocycles. The minimum atomic E-state index is -4.71. The maximum Gasteiger partial charge on any atom is 0.402 e. The zero-order chi connectivity index (χ0) is 24.5. The molecule has 2 unspecified atom stereocenters. The molecule has 1 aromatic heterocycles. The van der Waals surface area contributed by atoms with Gasteiger partial charge >= 0.3 is 12.2 Å². The maximum absolute atomic E-state index is 12.6. The van der Waals surface area contributed by atoms with Gasteiger partial charge in [0.2, 0.25) is 10.0 Å². The zero-order valence-corrected chi connectivity index (χ0v) is 20.1. The lowest BCUT2D eigenvalue weighted by molar-refractivity contribution is -0.121. The van der Waals surface area contributed by atoms with Gasteiger partial charge in [0.05, 0.1) is 23.8 Å². The number of carbonyl (C=O) groups is 1. The van der Waals surface area contributed by atoms with E-state index in [1.165, 1.54) is 29.5 Å². The summed E-state index contributed by atoms with van der Waals surface area (Å²) in [5, 5.41) is 5.34. The molecule has 0 bridgehead atoms. The fourth-order valence-corrected chi connectivity index (χ4v) is 5.85. The molecule has 4 rings (SSSR count). The highest BCUT2D eigenvalue weighted by atomic mass is 35.5. The van der Waals surface area contributed by atoms with Crippen molar-refractivity contribution in [2.45, 2.75) is 48.8 Å². The van der Waals surface area contributed by atoms with E-state index < -0.39 is 33.7 Å². The van der Waals surface area contributed by atoms with Crippen LogP contribution in [0.1, 0.15) is 37.2 Å². The molecule has 0 radical (unpaired) electrons. The summed E-state index contributed by atoms with van der Waals surface area (Å²) in [4.78, 5) is 16.1. The average molecular weight is 539 g/mol. The van der Waals surface area contributed by atoms with Crippen LogP contribution in [0, 0.1) is 5.92 Å². The second kappa shape index (κ2) is 9.97. The van der Waals surface area contributed by atoms with E-state index in [0.717, 1.165) is 30.2 Å². The molecule has 0 spiro atoms. The Bertz CT molecular complexity index is 1150. The lowest BCUT2D eigenvalue weighted by atomic mass is 9.78. The van der Waals surface area contributed by atoms with E-state index in [1.807, 2.05) is 0 Å². The average Bonchev–Trinajstić information content (AvgIpc) is 3.34. The summed E-state index contributed by atoms with van der Waals surface area (Å²) in [5.41, 5.74) is 0.807. The third kappa shape index (κ3) is 6.19. The summed E-state index contributed by atoms with van der Waals surface area (Å²) in [7, 11) is -4.47. The van der Waals surface area contributed by atoms with Crippen molar-refractivity contribution in [3.63, 3.8) is 0 Å². The number of anilines is 2. The summed E-state index contributed by atoms with van der Waals surface area (Å²) in [5.74, 6) is 0.390. The van der Waals surface area contributed by atoms with Crippen molar-refractivity contribution in [2.24, 2.45) is 5.92 Å². The van der Waals surface area contributed by atoms with Gasteiger partial charge in [0.25, 0.3) is 0 Å². The van der Waals surface area contributed by atoms with Crippen molar-refractivity contribution in [2.75, 3.05) is 23.8 Å². The van der Waals surface area contributed by atoms with Crippen LogP contribution in [0.2, 0.25) is 4.34 Å². The molecule has 8 nitrogen and oxygen atoms in total. The molecule has 2 aliphatic rings. The first-order valence-corrected chi connectivity index (χ1v) is 13.2. The number of benzene rings is 1. The first-order chi connectivity index (χ1) is 16.0. The van der Waals surface area contributed by atoms with E-state index in [9.17, 15) is 26.4 Å². The van der Waals surface area contributed by atoms with Crippen LogP contribution in [0.4, 0.5) is 28.8 Å². The third-order valence-corrected chi connectivity index (χ3v) is 8.32. The Hall–Kier alpha value is -1.93. The van der Waals surface area contributed by atoms with Crippen LogP contribution >= 0.6 is 22.9 Å². The number of hydrogen-bond acceptors (Lipinski definition) is 6. The van der Waals surface area contributed by atoms with E-state index >= 15 is 0 Å². The standard InChI is InChI=1S/C20H22ClF3N4O4S2/c21-17-8-25-19(33-17)28-18(29)27-15-7-13(34(30,31)26-10-20(22,23)24)4-5-14(15)12-6-16(32-9-12)11-2-1-3-11/h4-5,7-8,11-12,16,26H,1-3,6,9-10H2,(H2,25,27,28,29). The van der Waals surface area contributed by atoms with Crippen LogP contribution in [0.3, 0.4) is 0 Å². The monoisotopic (exact) mass is 538 g/mol. The number of halogens is 4. The first kappa shape index (κ1) is 25.2. The number of sulfonamides is 1. The Balaban J connectivity index is 1.57. The Morgan fingerprint density at radius 1 is 1.26 bits per heavy atom. The van der Waals surface area contributed by atoms with Gasteiger partial charge in [-0.15, -0.1) is 0 Å². The number of rotatable bonds is 7. The summed E-state index contributed by atoms with van der Waals surface area (Å²) in [6.45, 7) is -1.30. The van der Waals surface area contributed by atoms with Gasteiger partial charge in [-0.1, -0.05) is 35.4 Å². The lowest BCUT2D eigenvalue weighted by Crippen LogP contribution is -2.33. The van der Waals surface area contributed by atoms with Crippen molar-refractivity contribution in [1.82, 2.24) is 9.71 Å². The van der Waals surface area contributed by atoms with Crippen LogP contribution < -0.4 is 15.4 Å².